The number of esters is 2. The van der Waals surface area contributed by atoms with Crippen LogP contribution in [-0.2, 0) is 32.0 Å². The number of fused-ring (bicyclic) bond motifs is 2. The number of carbonyl (C=O) groups is 3. The average Bonchev–Trinajstić information content (AvgIpc) is 3.23. The fourth-order valence-electron chi connectivity index (χ4n) is 3.44. The van der Waals surface area contributed by atoms with E-state index in [4.69, 9.17) is 9.47 Å². The Hall–Kier alpha value is -3.23. The van der Waals surface area contributed by atoms with Crippen LogP contribution in [0.4, 0.5) is 0 Å². The predicted molar refractivity (Wildman–Crippen MR) is 108 cm³/mol. The molecule has 3 rings (SSSR count). The minimum atomic E-state index is -0.814. The van der Waals surface area contributed by atoms with Crippen molar-refractivity contribution in [3.05, 3.63) is 39.9 Å². The van der Waals surface area contributed by atoms with E-state index in [-0.39, 0.29) is 17.0 Å². The largest absolute Gasteiger partial charge is 0.467 e. The zero-order chi connectivity index (χ0) is 21.8. The van der Waals surface area contributed by atoms with Gasteiger partial charge in [-0.2, -0.15) is 0 Å². The van der Waals surface area contributed by atoms with Crippen LogP contribution >= 0.6 is 0 Å². The summed E-state index contributed by atoms with van der Waals surface area (Å²) in [7, 11) is 1.25. The monoisotopic (exact) mass is 415 g/mol. The van der Waals surface area contributed by atoms with E-state index >= 15 is 0 Å². The molecule has 0 saturated heterocycles. The first-order valence-electron chi connectivity index (χ1n) is 9.93. The van der Waals surface area contributed by atoms with Gasteiger partial charge in [0.1, 0.15) is 11.9 Å². The second kappa shape index (κ2) is 9.06. The number of hydrogen-bond donors (Lipinski definition) is 1. The maximum atomic E-state index is 12.5. The van der Waals surface area contributed by atoms with E-state index in [0.717, 1.165) is 12.8 Å². The third-order valence-corrected chi connectivity index (χ3v) is 5.37. The highest BCUT2D eigenvalue weighted by Gasteiger charge is 2.27. The minimum Gasteiger partial charge on any atom is -0.467 e. The molecule has 160 valence electrons. The number of rotatable bonds is 7. The van der Waals surface area contributed by atoms with Gasteiger partial charge in [-0.15, -0.1) is 0 Å². The van der Waals surface area contributed by atoms with Crippen molar-refractivity contribution in [1.82, 2.24) is 14.9 Å². The Labute approximate surface area is 173 Å². The molecule has 1 N–H and O–H groups in total. The molecule has 0 unspecified atom stereocenters. The number of aryl methyl sites for hydroxylation is 1. The molecule has 9 heteroatoms. The van der Waals surface area contributed by atoms with Crippen molar-refractivity contribution in [2.24, 2.45) is 5.92 Å². The van der Waals surface area contributed by atoms with Crippen LogP contribution in [0.1, 0.15) is 42.9 Å². The van der Waals surface area contributed by atoms with Crippen LogP contribution in [0.25, 0.3) is 10.9 Å². The van der Waals surface area contributed by atoms with Gasteiger partial charge < -0.3 is 14.8 Å². The van der Waals surface area contributed by atoms with Gasteiger partial charge in [0.25, 0.3) is 11.5 Å². The summed E-state index contributed by atoms with van der Waals surface area (Å²) in [4.78, 5) is 53.4. The number of ether oxygens (including phenoxy) is 2. The molecule has 0 radical (unpaired) electrons. The van der Waals surface area contributed by atoms with Crippen molar-refractivity contribution in [3.8, 4) is 0 Å². The zero-order valence-corrected chi connectivity index (χ0v) is 17.3. The molecule has 1 aromatic heterocycles. The van der Waals surface area contributed by atoms with Crippen molar-refractivity contribution < 1.29 is 23.9 Å². The van der Waals surface area contributed by atoms with E-state index in [1.807, 2.05) is 13.8 Å². The first-order chi connectivity index (χ1) is 14.3. The first-order valence-corrected chi connectivity index (χ1v) is 9.93. The summed E-state index contributed by atoms with van der Waals surface area (Å²) in [5.41, 5.74) is 0.497. The summed E-state index contributed by atoms with van der Waals surface area (Å²) in [6.45, 7) is 3.82. The van der Waals surface area contributed by atoms with Crippen molar-refractivity contribution in [2.45, 2.75) is 45.7 Å². The lowest BCUT2D eigenvalue weighted by molar-refractivity contribution is -0.147. The number of nitrogens with zero attached hydrogens (tertiary/aromatic N) is 2. The van der Waals surface area contributed by atoms with Crippen LogP contribution in [-0.4, -0.2) is 47.2 Å². The number of carbonyl (C=O) groups excluding carboxylic acids is 3. The highest BCUT2D eigenvalue weighted by atomic mass is 16.5. The van der Waals surface area contributed by atoms with Gasteiger partial charge in [0.2, 0.25) is 0 Å². The standard InChI is InChI=1S/C21H25N3O6/c1-4-12(2)18(21(28)29-3)23-17(25)11-30-20(27)13-7-8-14-15(10-13)22-16-6-5-9-24(16)19(14)26/h7-8,10,12,18H,4-6,9,11H2,1-3H3,(H,23,25)/t12-,18+/m0/s1. The van der Waals surface area contributed by atoms with Crippen molar-refractivity contribution in [1.29, 1.82) is 0 Å². The first kappa shape index (κ1) is 21.5. The smallest absolute Gasteiger partial charge is 0.338 e. The Kier molecular flexibility index (Phi) is 6.49. The molecular formula is C21H25N3O6. The molecule has 0 saturated carbocycles. The number of hydrogen-bond acceptors (Lipinski definition) is 7. The predicted octanol–water partition coefficient (Wildman–Crippen LogP) is 1.20. The van der Waals surface area contributed by atoms with Gasteiger partial charge in [0, 0.05) is 13.0 Å². The van der Waals surface area contributed by atoms with Crippen LogP contribution < -0.4 is 10.9 Å². The van der Waals surface area contributed by atoms with E-state index in [0.29, 0.717) is 29.7 Å². The number of benzene rings is 1. The molecule has 0 bridgehead atoms. The molecule has 1 aliphatic rings. The fourth-order valence-corrected chi connectivity index (χ4v) is 3.44. The Bertz CT molecular complexity index is 1040. The SMILES string of the molecule is CC[C@H](C)[C@@H](NC(=O)COC(=O)c1ccc2c(=O)n3c(nc2c1)CCC3)C(=O)OC. The molecule has 30 heavy (non-hydrogen) atoms. The van der Waals surface area contributed by atoms with E-state index in [9.17, 15) is 19.2 Å². The Morgan fingerprint density at radius 3 is 2.77 bits per heavy atom. The maximum Gasteiger partial charge on any atom is 0.338 e. The zero-order valence-electron chi connectivity index (χ0n) is 17.3. The summed E-state index contributed by atoms with van der Waals surface area (Å²) in [5, 5.41) is 2.98. The molecule has 0 aliphatic carbocycles. The molecular weight excluding hydrogens is 390 g/mol. The topological polar surface area (TPSA) is 117 Å². The summed E-state index contributed by atoms with van der Waals surface area (Å²) < 4.78 is 11.4. The minimum absolute atomic E-state index is 0.120. The number of nitrogens with one attached hydrogen (secondary N) is 1. The number of aromatic nitrogens is 2. The molecule has 2 heterocycles. The van der Waals surface area contributed by atoms with Crippen molar-refractivity contribution in [3.63, 3.8) is 0 Å². The summed E-state index contributed by atoms with van der Waals surface area (Å²) in [6.07, 6.45) is 2.25. The quantitative estimate of drug-likeness (QED) is 0.676. The molecule has 1 aromatic carbocycles. The lowest BCUT2D eigenvalue weighted by Gasteiger charge is -2.21. The normalized spacial score (nSPS) is 14.6. The Balaban J connectivity index is 1.68. The molecule has 9 nitrogen and oxygen atoms in total. The van der Waals surface area contributed by atoms with E-state index in [2.05, 4.69) is 10.3 Å². The van der Waals surface area contributed by atoms with Gasteiger partial charge in [-0.05, 0) is 30.5 Å². The van der Waals surface area contributed by atoms with Crippen molar-refractivity contribution in [2.75, 3.05) is 13.7 Å². The van der Waals surface area contributed by atoms with Gasteiger partial charge in [0.15, 0.2) is 6.61 Å². The molecule has 0 spiro atoms. The van der Waals surface area contributed by atoms with Gasteiger partial charge in [0.05, 0.1) is 23.6 Å². The van der Waals surface area contributed by atoms with Gasteiger partial charge in [-0.25, -0.2) is 14.6 Å². The van der Waals surface area contributed by atoms with Crippen LogP contribution in [0.15, 0.2) is 23.0 Å². The summed E-state index contributed by atoms with van der Waals surface area (Å²) >= 11 is 0. The van der Waals surface area contributed by atoms with Crippen molar-refractivity contribution >= 4 is 28.7 Å². The van der Waals surface area contributed by atoms with Crippen LogP contribution in [0.2, 0.25) is 0 Å². The summed E-state index contributed by atoms with van der Waals surface area (Å²) in [5.74, 6) is -1.30. The Morgan fingerprint density at radius 1 is 1.30 bits per heavy atom. The van der Waals surface area contributed by atoms with E-state index < -0.39 is 30.5 Å². The van der Waals surface area contributed by atoms with Crippen LogP contribution in [0.3, 0.4) is 0 Å². The van der Waals surface area contributed by atoms with E-state index in [1.165, 1.54) is 19.2 Å². The third kappa shape index (κ3) is 4.34. The highest BCUT2D eigenvalue weighted by molar-refractivity contribution is 5.95. The highest BCUT2D eigenvalue weighted by Crippen LogP contribution is 2.17. The lowest BCUT2D eigenvalue weighted by atomic mass is 9.99. The fraction of sp³-hybridized carbons (Fsp3) is 0.476. The average molecular weight is 415 g/mol. The Morgan fingerprint density at radius 2 is 2.07 bits per heavy atom. The van der Waals surface area contributed by atoms with Gasteiger partial charge in [-0.3, -0.25) is 14.2 Å². The molecule has 1 aliphatic heterocycles. The molecule has 1 amide bonds. The van der Waals surface area contributed by atoms with Gasteiger partial charge >= 0.3 is 11.9 Å². The second-order valence-corrected chi connectivity index (χ2v) is 7.35. The van der Waals surface area contributed by atoms with Gasteiger partial charge in [-0.1, -0.05) is 20.3 Å². The molecule has 2 aromatic rings. The molecule has 2 atom stereocenters. The molecule has 0 fully saturated rings. The number of methoxy groups -OCH3 is 1. The second-order valence-electron chi connectivity index (χ2n) is 7.35. The summed E-state index contributed by atoms with van der Waals surface area (Å²) in [6, 6.07) is 3.70. The third-order valence-electron chi connectivity index (χ3n) is 5.37. The maximum absolute atomic E-state index is 12.5. The van der Waals surface area contributed by atoms with E-state index in [1.54, 1.807) is 10.6 Å². The van der Waals surface area contributed by atoms with Crippen LogP contribution in [0.5, 0.6) is 0 Å². The number of amides is 1. The lowest BCUT2D eigenvalue weighted by Crippen LogP contribution is -2.47. The van der Waals surface area contributed by atoms with Crippen LogP contribution in [0, 0.1) is 5.92 Å².